The number of fused-ring (bicyclic) bond motifs is 9. The first-order valence-electron chi connectivity index (χ1n) is 21.0. The van der Waals surface area contributed by atoms with Gasteiger partial charge >= 0.3 is 0 Å². The van der Waals surface area contributed by atoms with Crippen LogP contribution in [-0.2, 0) is 5.41 Å². The van der Waals surface area contributed by atoms with Crippen LogP contribution in [0.3, 0.4) is 0 Å². The summed E-state index contributed by atoms with van der Waals surface area (Å²) < 4.78 is 8.94. The first-order chi connectivity index (χ1) is 29.5. The fraction of sp³-hybridized carbons (Fsp3) is 0.0877. The summed E-state index contributed by atoms with van der Waals surface area (Å²) in [5.41, 5.74) is 18.1. The Balaban J connectivity index is 0.948. The number of aromatic nitrogens is 1. The second-order valence-electron chi connectivity index (χ2n) is 16.9. The molecule has 0 saturated heterocycles. The van der Waals surface area contributed by atoms with E-state index in [0.717, 1.165) is 33.9 Å². The molecule has 3 aliphatic rings. The van der Waals surface area contributed by atoms with Gasteiger partial charge in [-0.15, -0.1) is 0 Å². The highest BCUT2D eigenvalue weighted by molar-refractivity contribution is 6.10. The first kappa shape index (κ1) is 34.7. The number of allylic oxidation sites excluding steroid dienone is 2. The SMILES string of the molecule is CC1(C)c2ccccc2-c2ccc(N(c3ccc(-c4ccc5c(c4)c4ccccc4n5-c4ccccc4)cc3)c3ccc(-c4cccc5c4OC4C=CC=CC54)cc3)cc21. The van der Waals surface area contributed by atoms with E-state index < -0.39 is 0 Å². The number of anilines is 3. The van der Waals surface area contributed by atoms with Gasteiger partial charge in [-0.1, -0.05) is 147 Å². The molecule has 0 saturated carbocycles. The minimum absolute atomic E-state index is 0.0516. The van der Waals surface area contributed by atoms with Crippen LogP contribution in [0.2, 0.25) is 0 Å². The maximum absolute atomic E-state index is 6.57. The number of hydrogen-bond acceptors (Lipinski definition) is 2. The van der Waals surface area contributed by atoms with E-state index in [1.807, 2.05) is 0 Å². The van der Waals surface area contributed by atoms with Crippen LogP contribution in [0.25, 0.3) is 60.9 Å². The Bertz CT molecular complexity index is 3200. The predicted molar refractivity (Wildman–Crippen MR) is 249 cm³/mol. The normalized spacial score (nSPS) is 16.6. The smallest absolute Gasteiger partial charge is 0.132 e. The van der Waals surface area contributed by atoms with E-state index >= 15 is 0 Å². The van der Waals surface area contributed by atoms with Gasteiger partial charge in [-0.25, -0.2) is 0 Å². The van der Waals surface area contributed by atoms with Crippen molar-refractivity contribution in [3.8, 4) is 44.8 Å². The first-order valence-corrected chi connectivity index (χ1v) is 21.0. The van der Waals surface area contributed by atoms with Crippen molar-refractivity contribution in [1.29, 1.82) is 0 Å². The van der Waals surface area contributed by atoms with Crippen LogP contribution in [0, 0.1) is 0 Å². The second kappa shape index (κ2) is 13.3. The van der Waals surface area contributed by atoms with Gasteiger partial charge in [-0.2, -0.15) is 0 Å². The molecule has 0 spiro atoms. The molecule has 2 unspecified atom stereocenters. The molecule has 286 valence electrons. The van der Waals surface area contributed by atoms with Crippen molar-refractivity contribution in [3.63, 3.8) is 0 Å². The molecular weight excluding hydrogens is 729 g/mol. The lowest BCUT2D eigenvalue weighted by molar-refractivity contribution is 0.270. The monoisotopic (exact) mass is 770 g/mol. The summed E-state index contributed by atoms with van der Waals surface area (Å²) in [5.74, 6) is 1.25. The molecule has 60 heavy (non-hydrogen) atoms. The summed E-state index contributed by atoms with van der Waals surface area (Å²) in [5, 5.41) is 2.51. The summed E-state index contributed by atoms with van der Waals surface area (Å²) in [6.07, 6.45) is 8.69. The lowest BCUT2D eigenvalue weighted by atomic mass is 9.82. The molecule has 0 fully saturated rings. The van der Waals surface area contributed by atoms with Gasteiger partial charge in [0.1, 0.15) is 11.9 Å². The lowest BCUT2D eigenvalue weighted by Gasteiger charge is -2.28. The van der Waals surface area contributed by atoms with Crippen LogP contribution in [0.15, 0.2) is 206 Å². The molecule has 1 aromatic heterocycles. The van der Waals surface area contributed by atoms with Crippen LogP contribution in [0.5, 0.6) is 5.75 Å². The van der Waals surface area contributed by atoms with Gasteiger partial charge in [0.05, 0.1) is 11.0 Å². The topological polar surface area (TPSA) is 17.4 Å². The van der Waals surface area contributed by atoms with E-state index in [9.17, 15) is 0 Å². The Hall–Kier alpha value is -7.36. The number of rotatable bonds is 6. The van der Waals surface area contributed by atoms with Crippen LogP contribution in [0.4, 0.5) is 17.1 Å². The van der Waals surface area contributed by atoms with Gasteiger partial charge < -0.3 is 14.2 Å². The van der Waals surface area contributed by atoms with Crippen LogP contribution in [-0.4, -0.2) is 10.7 Å². The second-order valence-corrected chi connectivity index (χ2v) is 16.9. The summed E-state index contributed by atoms with van der Waals surface area (Å²) in [6.45, 7) is 4.71. The molecule has 2 heterocycles. The average molecular weight is 771 g/mol. The Morgan fingerprint density at radius 3 is 1.97 bits per heavy atom. The van der Waals surface area contributed by atoms with Gasteiger partial charge in [0, 0.05) is 56.0 Å². The Kier molecular flexibility index (Phi) is 7.71. The molecule has 12 rings (SSSR count). The molecule has 3 nitrogen and oxygen atoms in total. The minimum Gasteiger partial charge on any atom is -0.484 e. The van der Waals surface area contributed by atoms with Crippen molar-refractivity contribution in [1.82, 2.24) is 4.57 Å². The van der Waals surface area contributed by atoms with Crippen molar-refractivity contribution >= 4 is 38.9 Å². The summed E-state index contributed by atoms with van der Waals surface area (Å²) in [4.78, 5) is 2.40. The molecule has 2 aliphatic carbocycles. The van der Waals surface area contributed by atoms with Gasteiger partial charge in [-0.3, -0.25) is 0 Å². The molecule has 1 aliphatic heterocycles. The third-order valence-electron chi connectivity index (χ3n) is 13.2. The molecule has 0 amide bonds. The van der Waals surface area contributed by atoms with Crippen molar-refractivity contribution in [2.75, 3.05) is 4.90 Å². The molecule has 9 aromatic rings. The van der Waals surface area contributed by atoms with E-state index in [2.05, 4.69) is 230 Å². The Morgan fingerprint density at radius 2 is 1.13 bits per heavy atom. The highest BCUT2D eigenvalue weighted by Crippen LogP contribution is 2.51. The van der Waals surface area contributed by atoms with Crippen molar-refractivity contribution in [2.45, 2.75) is 31.3 Å². The number of hydrogen-bond donors (Lipinski definition) is 0. The molecule has 0 radical (unpaired) electrons. The third-order valence-corrected chi connectivity index (χ3v) is 13.2. The fourth-order valence-corrected chi connectivity index (χ4v) is 10.2. The summed E-state index contributed by atoms with van der Waals surface area (Å²) in [6, 6.07) is 66.8. The highest BCUT2D eigenvalue weighted by Gasteiger charge is 2.36. The van der Waals surface area contributed by atoms with E-state index in [0.29, 0.717) is 0 Å². The maximum Gasteiger partial charge on any atom is 0.132 e. The molecule has 0 N–H and O–H groups in total. The molecule has 0 bridgehead atoms. The van der Waals surface area contributed by atoms with E-state index in [1.165, 1.54) is 66.4 Å². The molecular formula is C57H42N2O. The molecule has 3 heteroatoms. The van der Waals surface area contributed by atoms with Gasteiger partial charge in [-0.05, 0) is 112 Å². The van der Waals surface area contributed by atoms with Crippen LogP contribution < -0.4 is 9.64 Å². The predicted octanol–water partition coefficient (Wildman–Crippen LogP) is 14.9. The van der Waals surface area contributed by atoms with Crippen LogP contribution >= 0.6 is 0 Å². The molecule has 2 atom stereocenters. The van der Waals surface area contributed by atoms with E-state index in [1.54, 1.807) is 0 Å². The number of para-hydroxylation sites is 3. The Morgan fingerprint density at radius 1 is 0.483 bits per heavy atom. The van der Waals surface area contributed by atoms with E-state index in [-0.39, 0.29) is 17.4 Å². The zero-order valence-corrected chi connectivity index (χ0v) is 33.6. The zero-order chi connectivity index (χ0) is 40.0. The standard InChI is InChI=1S/C57H42N2O/c1-57(2)51-20-9-6-15-45(51)46-33-32-43(36-52(46)57)58(42-30-25-38(26-31-42)44-18-12-19-49-48-17-8-11-22-55(48)60-56(44)49)41-28-23-37(24-29-41)39-27-34-54-50(35-39)47-16-7-10-21-53(47)59(54)40-13-4-3-5-14-40/h3-36,48,55H,1-2H3. The fourth-order valence-electron chi connectivity index (χ4n) is 10.2. The van der Waals surface area contributed by atoms with Crippen molar-refractivity contribution in [2.24, 2.45) is 0 Å². The third kappa shape index (κ3) is 5.29. The summed E-state index contributed by atoms with van der Waals surface area (Å²) in [7, 11) is 0. The highest BCUT2D eigenvalue weighted by atomic mass is 16.5. The van der Waals surface area contributed by atoms with Gasteiger partial charge in [0.25, 0.3) is 0 Å². The van der Waals surface area contributed by atoms with Gasteiger partial charge in [0.2, 0.25) is 0 Å². The number of nitrogens with zero attached hydrogens (tertiary/aromatic N) is 2. The Labute approximate surface area is 350 Å². The van der Waals surface area contributed by atoms with Crippen molar-refractivity contribution in [3.05, 3.63) is 223 Å². The quantitative estimate of drug-likeness (QED) is 0.168. The largest absolute Gasteiger partial charge is 0.484 e. The van der Waals surface area contributed by atoms with Gasteiger partial charge in [0.15, 0.2) is 0 Å². The zero-order valence-electron chi connectivity index (χ0n) is 33.6. The number of benzene rings is 8. The maximum atomic E-state index is 6.57. The van der Waals surface area contributed by atoms with Crippen molar-refractivity contribution < 1.29 is 4.74 Å². The average Bonchev–Trinajstić information content (AvgIpc) is 3.92. The number of ether oxygens (including phenoxy) is 1. The summed E-state index contributed by atoms with van der Waals surface area (Å²) >= 11 is 0. The molecule has 8 aromatic carbocycles. The minimum atomic E-state index is -0.112. The van der Waals surface area contributed by atoms with Crippen LogP contribution in [0.1, 0.15) is 36.5 Å². The lowest BCUT2D eigenvalue weighted by Crippen LogP contribution is -2.16. The van der Waals surface area contributed by atoms with E-state index in [4.69, 9.17) is 4.74 Å².